The number of benzene rings is 2. The molecule has 1 aromatic heterocycles. The van der Waals surface area contributed by atoms with Crippen LogP contribution in [0.4, 0.5) is 5.00 Å². The molecule has 3 aromatic rings. The number of nitrogens with zero attached hydrogens (tertiary/aromatic N) is 2. The van der Waals surface area contributed by atoms with Crippen molar-refractivity contribution in [2.75, 3.05) is 5.32 Å². The van der Waals surface area contributed by atoms with Gasteiger partial charge in [0.05, 0.1) is 10.5 Å². The molecule has 4 N–H and O–H groups in total. The monoisotopic (exact) mass is 538 g/mol. The van der Waals surface area contributed by atoms with Gasteiger partial charge in [-0.1, -0.05) is 23.7 Å². The van der Waals surface area contributed by atoms with Crippen LogP contribution in [0.5, 0.6) is 5.75 Å². The molecule has 9 heteroatoms. The molecule has 1 aliphatic carbocycles. The molecule has 2 heterocycles. The molecule has 5 rings (SSSR count). The zero-order valence-electron chi connectivity index (χ0n) is 19.9. The van der Waals surface area contributed by atoms with E-state index in [0.29, 0.717) is 28.6 Å². The predicted octanol–water partition coefficient (Wildman–Crippen LogP) is 5.61. The minimum Gasteiger partial charge on any atom is -0.508 e. The van der Waals surface area contributed by atoms with Crippen molar-refractivity contribution >= 4 is 38.9 Å². The molecule has 186 valence electrons. The van der Waals surface area contributed by atoms with Gasteiger partial charge in [0.1, 0.15) is 27.8 Å². The molecule has 2 aliphatic rings. The lowest BCUT2D eigenvalue weighted by Crippen LogP contribution is -2.37. The molecule has 1 fully saturated rings. The molecule has 2 unspecified atom stereocenters. The van der Waals surface area contributed by atoms with Crippen molar-refractivity contribution < 1.29 is 9.32 Å². The average Bonchev–Trinajstić information content (AvgIpc) is 3.64. The van der Waals surface area contributed by atoms with E-state index < -0.39 is 11.0 Å². The van der Waals surface area contributed by atoms with E-state index in [4.69, 9.17) is 16.7 Å². The van der Waals surface area contributed by atoms with Gasteiger partial charge in [0.2, 0.25) is 0 Å². The highest BCUT2D eigenvalue weighted by atomic mass is 35.5. The standard InChI is InChI=1S/C27H27ClN4O2S2/c1-16-10-26-23(15-32(16)14-19-12-20(33)6-9-24(19)28)22(13-29)27(35-26)31-25(18-4-5-18)11-17-2-7-21(8-3-17)36(30)34/h2-3,6-9,12,16,31,33H,4-5,10-11,14-15,30H2,1H3. The second-order valence-electron chi connectivity index (χ2n) is 9.38. The van der Waals surface area contributed by atoms with Gasteiger partial charge in [-0.05, 0) is 73.2 Å². The summed E-state index contributed by atoms with van der Waals surface area (Å²) in [5.41, 5.74) is 6.29. The summed E-state index contributed by atoms with van der Waals surface area (Å²) in [6.07, 6.45) is 3.71. The van der Waals surface area contributed by atoms with E-state index >= 15 is 0 Å². The number of fused-ring (bicyclic) bond motifs is 1. The molecule has 2 atom stereocenters. The minimum absolute atomic E-state index is 0.200. The van der Waals surface area contributed by atoms with Gasteiger partial charge in [0.25, 0.3) is 0 Å². The maximum Gasteiger partial charge on any atom is 0.122 e. The Kier molecular flexibility index (Phi) is 7.20. The SMILES string of the molecule is CC1Cc2sc(NC(Cc3ccc(S(N)=O)cc3)=C3CC3)c(C#N)c2CN1Cc1cc(O)ccc1Cl. The van der Waals surface area contributed by atoms with Crippen LogP contribution in [0.1, 0.15) is 46.9 Å². The summed E-state index contributed by atoms with van der Waals surface area (Å²) in [7, 11) is -1.49. The number of halogens is 1. The van der Waals surface area contributed by atoms with E-state index in [2.05, 4.69) is 23.2 Å². The fourth-order valence-electron chi connectivity index (χ4n) is 4.62. The highest BCUT2D eigenvalue weighted by molar-refractivity contribution is 7.82. The number of nitriles is 1. The third-order valence-electron chi connectivity index (χ3n) is 6.80. The average molecular weight is 539 g/mol. The molecule has 0 saturated heterocycles. The van der Waals surface area contributed by atoms with Crippen molar-refractivity contribution in [1.29, 1.82) is 5.26 Å². The normalized spacial score (nSPS) is 17.8. The summed E-state index contributed by atoms with van der Waals surface area (Å²) in [5.74, 6) is 0.200. The van der Waals surface area contributed by atoms with E-state index in [1.165, 1.54) is 10.5 Å². The summed E-state index contributed by atoms with van der Waals surface area (Å²) in [6, 6.07) is 15.3. The smallest absolute Gasteiger partial charge is 0.122 e. The Labute approximate surface area is 222 Å². The highest BCUT2D eigenvalue weighted by Crippen LogP contribution is 2.41. The number of thiophene rings is 1. The van der Waals surface area contributed by atoms with Crippen LogP contribution in [0.3, 0.4) is 0 Å². The fraction of sp³-hybridized carbons (Fsp3) is 0.296. The van der Waals surface area contributed by atoms with E-state index in [1.807, 2.05) is 12.1 Å². The number of rotatable bonds is 7. The van der Waals surface area contributed by atoms with Crippen LogP contribution in [-0.2, 0) is 36.9 Å². The molecule has 6 nitrogen and oxygen atoms in total. The molecular weight excluding hydrogens is 512 g/mol. The van der Waals surface area contributed by atoms with Gasteiger partial charge in [-0.2, -0.15) is 5.26 Å². The Bertz CT molecular complexity index is 1400. The Hall–Kier alpha value is -2.67. The Morgan fingerprint density at radius 3 is 2.72 bits per heavy atom. The van der Waals surface area contributed by atoms with E-state index in [9.17, 15) is 14.6 Å². The second-order valence-corrected chi connectivity index (χ2v) is 12.0. The Morgan fingerprint density at radius 2 is 2.06 bits per heavy atom. The molecule has 1 aliphatic heterocycles. The first-order valence-corrected chi connectivity index (χ1v) is 14.2. The number of allylic oxidation sites excluding steroid dienone is 2. The number of hydrogen-bond donors (Lipinski definition) is 3. The van der Waals surface area contributed by atoms with E-state index in [0.717, 1.165) is 53.1 Å². The van der Waals surface area contributed by atoms with Crippen LogP contribution in [-0.4, -0.2) is 20.3 Å². The number of anilines is 1. The van der Waals surface area contributed by atoms with Crippen LogP contribution in [0.15, 0.2) is 58.6 Å². The lowest BCUT2D eigenvalue weighted by atomic mass is 9.99. The summed E-state index contributed by atoms with van der Waals surface area (Å²) in [4.78, 5) is 4.16. The molecule has 36 heavy (non-hydrogen) atoms. The van der Waals surface area contributed by atoms with Gasteiger partial charge in [-0.15, -0.1) is 11.3 Å². The quantitative estimate of drug-likeness (QED) is 0.363. The van der Waals surface area contributed by atoms with Gasteiger partial charge >= 0.3 is 0 Å². The summed E-state index contributed by atoms with van der Waals surface area (Å²) in [6.45, 7) is 3.46. The van der Waals surface area contributed by atoms with Crippen molar-refractivity contribution in [2.24, 2.45) is 5.14 Å². The number of aromatic hydroxyl groups is 1. The van der Waals surface area contributed by atoms with Crippen molar-refractivity contribution in [3.8, 4) is 11.8 Å². The van der Waals surface area contributed by atoms with E-state index in [-0.39, 0.29) is 11.8 Å². The topological polar surface area (TPSA) is 102 Å². The van der Waals surface area contributed by atoms with Crippen molar-refractivity contribution in [2.45, 2.75) is 56.6 Å². The Balaban J connectivity index is 1.37. The van der Waals surface area contributed by atoms with Crippen LogP contribution < -0.4 is 10.5 Å². The Morgan fingerprint density at radius 1 is 1.31 bits per heavy atom. The zero-order valence-corrected chi connectivity index (χ0v) is 22.3. The maximum absolute atomic E-state index is 11.5. The summed E-state index contributed by atoms with van der Waals surface area (Å²) < 4.78 is 11.5. The van der Waals surface area contributed by atoms with Crippen LogP contribution in [0, 0.1) is 11.3 Å². The first-order chi connectivity index (χ1) is 17.3. The molecule has 0 radical (unpaired) electrons. The van der Waals surface area contributed by atoms with Crippen molar-refractivity contribution in [3.63, 3.8) is 0 Å². The van der Waals surface area contributed by atoms with Gasteiger partial charge < -0.3 is 10.4 Å². The molecule has 2 aromatic carbocycles. The van der Waals surface area contributed by atoms with Gasteiger partial charge in [-0.3, -0.25) is 4.90 Å². The largest absolute Gasteiger partial charge is 0.508 e. The van der Waals surface area contributed by atoms with Crippen molar-refractivity contribution in [3.05, 3.63) is 85.9 Å². The van der Waals surface area contributed by atoms with Crippen LogP contribution in [0.25, 0.3) is 0 Å². The molecule has 0 amide bonds. The van der Waals surface area contributed by atoms with Crippen molar-refractivity contribution in [1.82, 2.24) is 4.90 Å². The lowest BCUT2D eigenvalue weighted by molar-refractivity contribution is 0.177. The fourth-order valence-corrected chi connectivity index (χ4v) is 6.51. The number of nitrogens with one attached hydrogen (secondary N) is 1. The summed E-state index contributed by atoms with van der Waals surface area (Å²) >= 11 is 8.06. The molecule has 0 bridgehead atoms. The first-order valence-electron chi connectivity index (χ1n) is 11.8. The van der Waals surface area contributed by atoms with E-state index in [1.54, 1.807) is 41.7 Å². The predicted molar refractivity (Wildman–Crippen MR) is 145 cm³/mol. The third-order valence-corrected chi connectivity index (χ3v) is 9.07. The second kappa shape index (κ2) is 10.4. The summed E-state index contributed by atoms with van der Waals surface area (Å²) in [5, 5.41) is 30.6. The molecule has 1 saturated carbocycles. The van der Waals surface area contributed by atoms with Gasteiger partial charge in [0.15, 0.2) is 0 Å². The number of nitrogens with two attached hydrogens (primary N) is 1. The number of phenols is 1. The molecule has 0 spiro atoms. The van der Waals surface area contributed by atoms with Crippen LogP contribution in [0.2, 0.25) is 5.02 Å². The maximum atomic E-state index is 11.5. The first kappa shape index (κ1) is 25.0. The van der Waals surface area contributed by atoms with Crippen LogP contribution >= 0.6 is 22.9 Å². The highest BCUT2D eigenvalue weighted by Gasteiger charge is 2.30. The van der Waals surface area contributed by atoms with Gasteiger partial charge in [-0.25, -0.2) is 9.35 Å². The number of hydrogen-bond acceptors (Lipinski definition) is 6. The van der Waals surface area contributed by atoms with Gasteiger partial charge in [0, 0.05) is 46.7 Å². The lowest BCUT2D eigenvalue weighted by Gasteiger charge is -2.33. The molecular formula is C27H27ClN4O2S2. The minimum atomic E-state index is -1.49. The third kappa shape index (κ3) is 5.36. The zero-order chi connectivity index (χ0) is 25.4. The number of phenolic OH excluding ortho intramolecular Hbond substituents is 1.